The quantitative estimate of drug-likeness (QED) is 0.198. The van der Waals surface area contributed by atoms with Crippen LogP contribution in [0.4, 0.5) is 0 Å². The summed E-state index contributed by atoms with van der Waals surface area (Å²) in [5.41, 5.74) is 0. The molecule has 0 spiro atoms. The molecule has 0 amide bonds. The molecule has 0 aliphatic carbocycles. The third kappa shape index (κ3) is 8.63. The first-order chi connectivity index (χ1) is 13.3. The van der Waals surface area contributed by atoms with Gasteiger partial charge in [0.15, 0.2) is 5.96 Å². The highest BCUT2D eigenvalue weighted by molar-refractivity contribution is 14.0. The summed E-state index contributed by atoms with van der Waals surface area (Å²) in [4.78, 5) is 7.44. The van der Waals surface area contributed by atoms with Crippen LogP contribution < -0.4 is 10.6 Å². The van der Waals surface area contributed by atoms with E-state index in [4.69, 9.17) is 4.99 Å². The number of unbranched alkanes of at least 4 members (excludes halogenated alkanes) is 3. The molecule has 162 valence electrons. The number of aliphatic imine (C=N–C) groups is 1. The Morgan fingerprint density at radius 3 is 2.75 bits per heavy atom. The molecule has 0 bridgehead atoms. The third-order valence-corrected chi connectivity index (χ3v) is 5.35. The van der Waals surface area contributed by atoms with E-state index in [0.29, 0.717) is 6.04 Å². The van der Waals surface area contributed by atoms with Crippen molar-refractivity contribution in [2.75, 3.05) is 32.7 Å². The SMILES string of the molecule is CCCCCCNC(=NCC1CCCN1CC)NCCn1cnnc1CC.I. The van der Waals surface area contributed by atoms with Crippen molar-refractivity contribution in [1.82, 2.24) is 30.3 Å². The van der Waals surface area contributed by atoms with Crippen molar-refractivity contribution < 1.29 is 0 Å². The second-order valence-corrected chi connectivity index (χ2v) is 7.32. The first kappa shape index (κ1) is 25.1. The van der Waals surface area contributed by atoms with E-state index in [1.54, 1.807) is 0 Å². The Morgan fingerprint density at radius 1 is 1.18 bits per heavy atom. The summed E-state index contributed by atoms with van der Waals surface area (Å²) in [5, 5.41) is 15.2. The molecule has 1 atom stereocenters. The van der Waals surface area contributed by atoms with Crippen molar-refractivity contribution in [2.45, 2.75) is 78.3 Å². The Bertz CT molecular complexity index is 546. The van der Waals surface area contributed by atoms with E-state index >= 15 is 0 Å². The minimum absolute atomic E-state index is 0. The molecular weight excluding hydrogens is 465 g/mol. The highest BCUT2D eigenvalue weighted by Crippen LogP contribution is 2.16. The maximum absolute atomic E-state index is 4.90. The zero-order valence-corrected chi connectivity index (χ0v) is 20.3. The number of rotatable bonds is 12. The molecule has 2 N–H and O–H groups in total. The molecule has 28 heavy (non-hydrogen) atoms. The summed E-state index contributed by atoms with van der Waals surface area (Å²) in [6, 6.07) is 0.596. The average molecular weight is 505 g/mol. The zero-order valence-electron chi connectivity index (χ0n) is 18.0. The molecular formula is C20H40IN7. The first-order valence-corrected chi connectivity index (χ1v) is 10.9. The van der Waals surface area contributed by atoms with Gasteiger partial charge in [-0.1, -0.05) is 40.0 Å². The number of nitrogens with zero attached hydrogens (tertiary/aromatic N) is 5. The maximum atomic E-state index is 4.90. The summed E-state index contributed by atoms with van der Waals surface area (Å²) in [5.74, 6) is 1.98. The number of likely N-dealkylation sites (tertiary alicyclic amines) is 1. The molecule has 0 saturated carbocycles. The zero-order chi connectivity index (χ0) is 19.3. The van der Waals surface area contributed by atoms with Crippen LogP contribution in [0.1, 0.15) is 65.1 Å². The largest absolute Gasteiger partial charge is 0.356 e. The van der Waals surface area contributed by atoms with Gasteiger partial charge in [0.1, 0.15) is 12.2 Å². The van der Waals surface area contributed by atoms with Crippen molar-refractivity contribution in [3.63, 3.8) is 0 Å². The molecule has 7 nitrogen and oxygen atoms in total. The van der Waals surface area contributed by atoms with E-state index in [2.05, 4.69) is 51.1 Å². The molecule has 1 aromatic rings. The molecule has 2 heterocycles. The minimum atomic E-state index is 0. The van der Waals surface area contributed by atoms with Crippen LogP contribution in [0.15, 0.2) is 11.3 Å². The monoisotopic (exact) mass is 505 g/mol. The van der Waals surface area contributed by atoms with Gasteiger partial charge in [-0.3, -0.25) is 9.89 Å². The smallest absolute Gasteiger partial charge is 0.191 e. The molecule has 0 aromatic carbocycles. The van der Waals surface area contributed by atoms with Crippen LogP contribution in [0, 0.1) is 0 Å². The van der Waals surface area contributed by atoms with Gasteiger partial charge in [0, 0.05) is 32.1 Å². The van der Waals surface area contributed by atoms with E-state index in [9.17, 15) is 0 Å². The lowest BCUT2D eigenvalue weighted by atomic mass is 10.2. The fourth-order valence-electron chi connectivity index (χ4n) is 3.68. The lowest BCUT2D eigenvalue weighted by Gasteiger charge is -2.21. The molecule has 1 saturated heterocycles. The summed E-state index contributed by atoms with van der Waals surface area (Å²) in [7, 11) is 0. The number of guanidine groups is 1. The minimum Gasteiger partial charge on any atom is -0.356 e. The second-order valence-electron chi connectivity index (χ2n) is 7.32. The van der Waals surface area contributed by atoms with Crippen molar-refractivity contribution in [3.8, 4) is 0 Å². The van der Waals surface area contributed by atoms with Gasteiger partial charge in [0.05, 0.1) is 6.54 Å². The highest BCUT2D eigenvalue weighted by Gasteiger charge is 2.22. The predicted octanol–water partition coefficient (Wildman–Crippen LogP) is 3.06. The van der Waals surface area contributed by atoms with Crippen LogP contribution in [-0.4, -0.2) is 64.4 Å². The maximum Gasteiger partial charge on any atom is 0.191 e. The molecule has 1 aromatic heterocycles. The van der Waals surface area contributed by atoms with Gasteiger partial charge in [-0.05, 0) is 32.4 Å². The van der Waals surface area contributed by atoms with Gasteiger partial charge in [0.25, 0.3) is 0 Å². The fraction of sp³-hybridized carbons (Fsp3) is 0.850. The first-order valence-electron chi connectivity index (χ1n) is 10.9. The van der Waals surface area contributed by atoms with Crippen LogP contribution in [0.3, 0.4) is 0 Å². The van der Waals surface area contributed by atoms with E-state index in [0.717, 1.165) is 50.9 Å². The van der Waals surface area contributed by atoms with E-state index < -0.39 is 0 Å². The Kier molecular flexibility index (Phi) is 13.5. The topological polar surface area (TPSA) is 70.4 Å². The van der Waals surface area contributed by atoms with E-state index in [1.165, 1.54) is 45.1 Å². The summed E-state index contributed by atoms with van der Waals surface area (Å²) < 4.78 is 2.11. The molecule has 8 heteroatoms. The fourth-order valence-corrected chi connectivity index (χ4v) is 3.68. The molecule has 1 unspecified atom stereocenters. The van der Waals surface area contributed by atoms with Crippen molar-refractivity contribution in [2.24, 2.45) is 4.99 Å². The number of aromatic nitrogens is 3. The lowest BCUT2D eigenvalue weighted by Crippen LogP contribution is -2.41. The molecule has 1 aliphatic rings. The van der Waals surface area contributed by atoms with E-state index in [-0.39, 0.29) is 24.0 Å². The van der Waals surface area contributed by atoms with Gasteiger partial charge >= 0.3 is 0 Å². The standard InChI is InChI=1S/C20H39N7.HI/c1-4-7-8-9-12-21-20(23-16-18-11-10-14-26(18)6-3)22-13-15-27-17-24-25-19(27)5-2;/h17-18H,4-16H2,1-3H3,(H2,21,22,23);1H. The lowest BCUT2D eigenvalue weighted by molar-refractivity contribution is 0.273. The number of aryl methyl sites for hydroxylation is 1. The third-order valence-electron chi connectivity index (χ3n) is 5.35. The Hall–Kier alpha value is -0.900. The van der Waals surface area contributed by atoms with Crippen LogP contribution >= 0.6 is 24.0 Å². The molecule has 2 rings (SSSR count). The Balaban J connectivity index is 0.00000392. The molecule has 0 radical (unpaired) electrons. The van der Waals surface area contributed by atoms with Crippen LogP contribution in [-0.2, 0) is 13.0 Å². The van der Waals surface area contributed by atoms with Gasteiger partial charge in [-0.2, -0.15) is 0 Å². The molecule has 1 aliphatic heterocycles. The van der Waals surface area contributed by atoms with Gasteiger partial charge in [-0.25, -0.2) is 0 Å². The van der Waals surface area contributed by atoms with Crippen molar-refractivity contribution in [1.29, 1.82) is 0 Å². The van der Waals surface area contributed by atoms with E-state index in [1.807, 2.05) is 6.33 Å². The summed E-state index contributed by atoms with van der Waals surface area (Å²) in [6.07, 6.45) is 10.3. The van der Waals surface area contributed by atoms with Crippen LogP contribution in [0.2, 0.25) is 0 Å². The van der Waals surface area contributed by atoms with Crippen LogP contribution in [0.25, 0.3) is 0 Å². The molecule has 1 fully saturated rings. The Labute approximate surface area is 188 Å². The predicted molar refractivity (Wildman–Crippen MR) is 128 cm³/mol. The van der Waals surface area contributed by atoms with Crippen molar-refractivity contribution >= 4 is 29.9 Å². The number of halogens is 1. The normalized spacial score (nSPS) is 17.5. The van der Waals surface area contributed by atoms with Gasteiger partial charge in [0.2, 0.25) is 0 Å². The highest BCUT2D eigenvalue weighted by atomic mass is 127. The summed E-state index contributed by atoms with van der Waals surface area (Å²) >= 11 is 0. The number of likely N-dealkylation sites (N-methyl/N-ethyl adjacent to an activating group) is 1. The Morgan fingerprint density at radius 2 is 2.00 bits per heavy atom. The van der Waals surface area contributed by atoms with Crippen molar-refractivity contribution in [3.05, 3.63) is 12.2 Å². The van der Waals surface area contributed by atoms with Crippen LogP contribution in [0.5, 0.6) is 0 Å². The average Bonchev–Trinajstić information content (AvgIpc) is 3.33. The second kappa shape index (κ2) is 15.0. The van der Waals surface area contributed by atoms with Gasteiger partial charge in [-0.15, -0.1) is 34.2 Å². The summed E-state index contributed by atoms with van der Waals surface area (Å²) in [6.45, 7) is 12.5. The van der Waals surface area contributed by atoms with Gasteiger partial charge < -0.3 is 15.2 Å². The number of hydrogen-bond donors (Lipinski definition) is 2. The number of hydrogen-bond acceptors (Lipinski definition) is 4. The number of nitrogens with one attached hydrogen (secondary N) is 2.